The van der Waals surface area contributed by atoms with E-state index in [0.29, 0.717) is 10.6 Å². The van der Waals surface area contributed by atoms with E-state index < -0.39 is 11.9 Å². The molecular formula is C17H16Cl2FN5O. The molecule has 1 amide bonds. The summed E-state index contributed by atoms with van der Waals surface area (Å²) in [5.74, 6) is -0.550. The van der Waals surface area contributed by atoms with E-state index in [1.807, 2.05) is 13.0 Å². The summed E-state index contributed by atoms with van der Waals surface area (Å²) in [6, 6.07) is 5.73. The Hall–Kier alpha value is -2.38. The molecule has 1 N–H and O–H groups in total. The zero-order valence-electron chi connectivity index (χ0n) is 14.1. The van der Waals surface area contributed by atoms with E-state index in [2.05, 4.69) is 15.5 Å². The van der Waals surface area contributed by atoms with Gasteiger partial charge in [-0.15, -0.1) is 0 Å². The molecule has 3 rings (SSSR count). The summed E-state index contributed by atoms with van der Waals surface area (Å²) in [6.07, 6.45) is 3.13. The van der Waals surface area contributed by atoms with Gasteiger partial charge in [-0.05, 0) is 32.0 Å². The molecule has 0 aliphatic rings. The molecule has 6 nitrogen and oxygen atoms in total. The Morgan fingerprint density at radius 3 is 2.73 bits per heavy atom. The summed E-state index contributed by atoms with van der Waals surface area (Å²) >= 11 is 12.2. The monoisotopic (exact) mass is 395 g/mol. The van der Waals surface area contributed by atoms with Crippen molar-refractivity contribution in [2.75, 3.05) is 5.32 Å². The van der Waals surface area contributed by atoms with Crippen LogP contribution in [0.4, 0.5) is 10.2 Å². The first-order valence-electron chi connectivity index (χ1n) is 7.83. The first-order chi connectivity index (χ1) is 12.4. The second-order valence-corrected chi connectivity index (χ2v) is 6.62. The number of nitrogens with zero attached hydrogens (tertiary/aromatic N) is 4. The number of rotatable bonds is 5. The number of anilines is 1. The number of nitrogens with one attached hydrogen (secondary N) is 1. The number of benzene rings is 1. The fraction of sp³-hybridized carbons (Fsp3) is 0.235. The summed E-state index contributed by atoms with van der Waals surface area (Å²) in [6.45, 7) is 3.67. The lowest BCUT2D eigenvalue weighted by Crippen LogP contribution is -2.25. The van der Waals surface area contributed by atoms with Crippen LogP contribution in [0.15, 0.2) is 36.7 Å². The minimum absolute atomic E-state index is 0.0922. The maximum atomic E-state index is 13.9. The van der Waals surface area contributed by atoms with Crippen LogP contribution in [0.2, 0.25) is 10.0 Å². The van der Waals surface area contributed by atoms with Crippen LogP contribution < -0.4 is 5.32 Å². The van der Waals surface area contributed by atoms with Gasteiger partial charge in [0.1, 0.15) is 16.9 Å². The molecule has 26 heavy (non-hydrogen) atoms. The second kappa shape index (κ2) is 7.47. The van der Waals surface area contributed by atoms with Crippen molar-refractivity contribution >= 4 is 34.9 Å². The van der Waals surface area contributed by atoms with Crippen molar-refractivity contribution in [3.05, 3.63) is 63.8 Å². The smallest absolute Gasteiger partial charge is 0.250 e. The Balaban J connectivity index is 1.76. The van der Waals surface area contributed by atoms with Gasteiger partial charge in [-0.25, -0.2) is 4.39 Å². The molecule has 0 radical (unpaired) electrons. The highest BCUT2D eigenvalue weighted by molar-refractivity contribution is 6.33. The molecule has 0 aliphatic carbocycles. The molecule has 0 bridgehead atoms. The van der Waals surface area contributed by atoms with Gasteiger partial charge < -0.3 is 5.32 Å². The van der Waals surface area contributed by atoms with Gasteiger partial charge in [0.2, 0.25) is 5.91 Å². The molecule has 9 heteroatoms. The topological polar surface area (TPSA) is 64.7 Å². The van der Waals surface area contributed by atoms with Gasteiger partial charge in [0.05, 0.1) is 6.54 Å². The molecular weight excluding hydrogens is 380 g/mol. The molecule has 2 heterocycles. The zero-order valence-corrected chi connectivity index (χ0v) is 15.6. The minimum Gasteiger partial charge on any atom is -0.306 e. The van der Waals surface area contributed by atoms with Crippen LogP contribution >= 0.6 is 23.2 Å². The highest BCUT2D eigenvalue weighted by atomic mass is 35.5. The van der Waals surface area contributed by atoms with Crippen LogP contribution in [0, 0.1) is 12.7 Å². The number of hydrogen-bond donors (Lipinski definition) is 1. The van der Waals surface area contributed by atoms with Gasteiger partial charge in [0, 0.05) is 28.7 Å². The van der Waals surface area contributed by atoms with Crippen LogP contribution in [0.3, 0.4) is 0 Å². The van der Waals surface area contributed by atoms with Crippen LogP contribution in [0.1, 0.15) is 24.2 Å². The molecule has 1 atom stereocenters. The van der Waals surface area contributed by atoms with Crippen LogP contribution in [0.25, 0.3) is 0 Å². The molecule has 136 valence electrons. The summed E-state index contributed by atoms with van der Waals surface area (Å²) in [5.41, 5.74) is 1.16. The van der Waals surface area contributed by atoms with Gasteiger partial charge in [-0.1, -0.05) is 29.3 Å². The standard InChI is InChI=1S/C17H16Cl2FN5O/c1-10-6-7-21-25(10)11(2)17(26)22-16-14(19)9-24(23-16)8-12-13(18)4-3-5-15(12)20/h3-7,9,11H,8H2,1-2H3,(H,22,23,26). The third-order valence-corrected chi connectivity index (χ3v) is 4.59. The van der Waals surface area contributed by atoms with Crippen molar-refractivity contribution in [1.29, 1.82) is 0 Å². The van der Waals surface area contributed by atoms with Crippen LogP contribution in [-0.2, 0) is 11.3 Å². The van der Waals surface area contributed by atoms with Crippen LogP contribution in [0.5, 0.6) is 0 Å². The molecule has 1 unspecified atom stereocenters. The van der Waals surface area contributed by atoms with Gasteiger partial charge in [-0.3, -0.25) is 14.2 Å². The van der Waals surface area contributed by atoms with E-state index >= 15 is 0 Å². The van der Waals surface area contributed by atoms with Crippen molar-refractivity contribution in [1.82, 2.24) is 19.6 Å². The number of aryl methyl sites for hydroxylation is 1. The van der Waals surface area contributed by atoms with Crippen molar-refractivity contribution in [3.8, 4) is 0 Å². The average Bonchev–Trinajstić information content (AvgIpc) is 3.16. The van der Waals surface area contributed by atoms with Crippen molar-refractivity contribution < 1.29 is 9.18 Å². The number of hydrogen-bond acceptors (Lipinski definition) is 3. The highest BCUT2D eigenvalue weighted by Gasteiger charge is 2.20. The Morgan fingerprint density at radius 1 is 1.31 bits per heavy atom. The highest BCUT2D eigenvalue weighted by Crippen LogP contribution is 2.24. The second-order valence-electron chi connectivity index (χ2n) is 5.81. The van der Waals surface area contributed by atoms with E-state index in [-0.39, 0.29) is 23.3 Å². The summed E-state index contributed by atoms with van der Waals surface area (Å²) in [5, 5.41) is 11.5. The van der Waals surface area contributed by atoms with E-state index in [1.165, 1.54) is 23.0 Å². The molecule has 0 spiro atoms. The van der Waals surface area contributed by atoms with Gasteiger partial charge in [-0.2, -0.15) is 10.2 Å². The van der Waals surface area contributed by atoms with Gasteiger partial charge >= 0.3 is 0 Å². The van der Waals surface area contributed by atoms with Crippen molar-refractivity contribution in [3.63, 3.8) is 0 Å². The number of aromatic nitrogens is 4. The van der Waals surface area contributed by atoms with Crippen molar-refractivity contribution in [2.24, 2.45) is 0 Å². The third kappa shape index (κ3) is 3.73. The normalized spacial score (nSPS) is 12.2. The molecule has 0 fully saturated rings. The number of carbonyl (C=O) groups excluding carboxylic acids is 1. The maximum absolute atomic E-state index is 13.9. The lowest BCUT2D eigenvalue weighted by molar-refractivity contribution is -0.119. The van der Waals surface area contributed by atoms with Crippen molar-refractivity contribution in [2.45, 2.75) is 26.4 Å². The van der Waals surface area contributed by atoms with E-state index in [1.54, 1.807) is 23.9 Å². The first kappa shape index (κ1) is 18.4. The lowest BCUT2D eigenvalue weighted by atomic mass is 10.2. The molecule has 2 aromatic heterocycles. The quantitative estimate of drug-likeness (QED) is 0.707. The fourth-order valence-corrected chi connectivity index (χ4v) is 2.95. The summed E-state index contributed by atoms with van der Waals surface area (Å²) in [4.78, 5) is 12.4. The van der Waals surface area contributed by atoms with E-state index in [9.17, 15) is 9.18 Å². The molecule has 1 aromatic carbocycles. The number of halogens is 3. The van der Waals surface area contributed by atoms with Gasteiger partial charge in [0.25, 0.3) is 0 Å². The summed E-state index contributed by atoms with van der Waals surface area (Å²) in [7, 11) is 0. The third-order valence-electron chi connectivity index (χ3n) is 3.95. The largest absolute Gasteiger partial charge is 0.306 e. The van der Waals surface area contributed by atoms with Gasteiger partial charge in [0.15, 0.2) is 5.82 Å². The van der Waals surface area contributed by atoms with E-state index in [4.69, 9.17) is 23.2 Å². The number of amides is 1. The Labute approximate surface area is 159 Å². The van der Waals surface area contributed by atoms with Crippen LogP contribution in [-0.4, -0.2) is 25.5 Å². The Bertz CT molecular complexity index is 932. The predicted octanol–water partition coefficient (Wildman–Crippen LogP) is 4.08. The lowest BCUT2D eigenvalue weighted by Gasteiger charge is -2.13. The minimum atomic E-state index is -0.535. The molecule has 0 saturated heterocycles. The SMILES string of the molecule is Cc1ccnn1C(C)C(=O)Nc1nn(Cc2c(F)cccc2Cl)cc1Cl. The predicted molar refractivity (Wildman–Crippen MR) is 98.1 cm³/mol. The Morgan fingerprint density at radius 2 is 2.08 bits per heavy atom. The first-order valence-corrected chi connectivity index (χ1v) is 8.59. The molecule has 0 aliphatic heterocycles. The summed E-state index contributed by atoms with van der Waals surface area (Å²) < 4.78 is 16.9. The average molecular weight is 396 g/mol. The Kier molecular flexibility index (Phi) is 5.29. The van der Waals surface area contributed by atoms with E-state index in [0.717, 1.165) is 5.69 Å². The maximum Gasteiger partial charge on any atom is 0.250 e. The molecule has 3 aromatic rings. The molecule has 0 saturated carbocycles. The zero-order chi connectivity index (χ0) is 18.8. The fourth-order valence-electron chi connectivity index (χ4n) is 2.53. The number of carbonyl (C=O) groups is 1.